The van der Waals surface area contributed by atoms with Crippen molar-refractivity contribution in [2.75, 3.05) is 27.9 Å². The molecule has 0 bridgehead atoms. The maximum Gasteiger partial charge on any atom is 0.258 e. The van der Waals surface area contributed by atoms with Crippen LogP contribution >= 0.6 is 0 Å². The number of methoxy groups -OCH3 is 3. The molecule has 0 fully saturated rings. The first kappa shape index (κ1) is 21.2. The zero-order valence-corrected chi connectivity index (χ0v) is 17.5. The zero-order valence-electron chi connectivity index (χ0n) is 17.5. The maximum atomic E-state index is 13.5. The quantitative estimate of drug-likeness (QED) is 0.538. The molecule has 156 valence electrons. The SMILES string of the molecule is COc1ccc(C(=O)N(CCc2ccccc2)Cc2ccccn2)c(OC)c1OC. The molecule has 0 aliphatic heterocycles. The molecule has 0 unspecified atom stereocenters. The number of benzene rings is 2. The van der Waals surface area contributed by atoms with Crippen LogP contribution in [0.25, 0.3) is 0 Å². The number of ether oxygens (including phenoxy) is 3. The van der Waals surface area contributed by atoms with Gasteiger partial charge in [0.2, 0.25) is 5.75 Å². The van der Waals surface area contributed by atoms with Crippen LogP contribution in [0.2, 0.25) is 0 Å². The van der Waals surface area contributed by atoms with Gasteiger partial charge in [0.1, 0.15) is 0 Å². The van der Waals surface area contributed by atoms with Gasteiger partial charge in [-0.05, 0) is 36.2 Å². The van der Waals surface area contributed by atoms with Gasteiger partial charge >= 0.3 is 0 Å². The van der Waals surface area contributed by atoms with Crippen LogP contribution in [-0.2, 0) is 13.0 Å². The minimum absolute atomic E-state index is 0.158. The summed E-state index contributed by atoms with van der Waals surface area (Å²) in [6.45, 7) is 0.931. The van der Waals surface area contributed by atoms with Crippen LogP contribution in [0.15, 0.2) is 66.9 Å². The normalized spacial score (nSPS) is 10.4. The highest BCUT2D eigenvalue weighted by Gasteiger charge is 2.25. The van der Waals surface area contributed by atoms with Gasteiger partial charge in [0.25, 0.3) is 5.91 Å². The highest BCUT2D eigenvalue weighted by Crippen LogP contribution is 2.40. The average Bonchev–Trinajstić information content (AvgIpc) is 2.81. The van der Waals surface area contributed by atoms with E-state index >= 15 is 0 Å². The van der Waals surface area contributed by atoms with Gasteiger partial charge in [0, 0.05) is 12.7 Å². The van der Waals surface area contributed by atoms with Gasteiger partial charge in [-0.15, -0.1) is 0 Å². The van der Waals surface area contributed by atoms with Crippen molar-refractivity contribution in [1.82, 2.24) is 9.88 Å². The molecule has 1 heterocycles. The van der Waals surface area contributed by atoms with E-state index in [1.54, 1.807) is 30.3 Å². The summed E-state index contributed by atoms with van der Waals surface area (Å²) in [5.41, 5.74) is 2.40. The Bertz CT molecular complexity index is 962. The predicted octanol–water partition coefficient (Wildman–Crippen LogP) is 3.99. The van der Waals surface area contributed by atoms with Gasteiger partial charge in [0.15, 0.2) is 11.5 Å². The van der Waals surface area contributed by atoms with Crippen molar-refractivity contribution in [3.63, 3.8) is 0 Å². The van der Waals surface area contributed by atoms with Crippen LogP contribution < -0.4 is 14.2 Å². The minimum atomic E-state index is -0.158. The number of carbonyl (C=O) groups is 1. The second-order valence-electron chi connectivity index (χ2n) is 6.67. The van der Waals surface area contributed by atoms with Crippen LogP contribution in [0.3, 0.4) is 0 Å². The van der Waals surface area contributed by atoms with Crippen molar-refractivity contribution in [2.45, 2.75) is 13.0 Å². The number of carbonyl (C=O) groups excluding carboxylic acids is 1. The molecule has 0 saturated heterocycles. The summed E-state index contributed by atoms with van der Waals surface area (Å²) in [4.78, 5) is 19.7. The largest absolute Gasteiger partial charge is 0.493 e. The van der Waals surface area contributed by atoms with E-state index in [2.05, 4.69) is 17.1 Å². The zero-order chi connectivity index (χ0) is 21.3. The molecule has 1 amide bonds. The van der Waals surface area contributed by atoms with Gasteiger partial charge in [-0.3, -0.25) is 9.78 Å². The fourth-order valence-electron chi connectivity index (χ4n) is 3.29. The number of rotatable bonds is 9. The molecular formula is C24H26N2O4. The Balaban J connectivity index is 1.92. The van der Waals surface area contributed by atoms with E-state index in [4.69, 9.17) is 14.2 Å². The molecule has 0 aliphatic rings. The lowest BCUT2D eigenvalue weighted by Crippen LogP contribution is -2.33. The number of hydrogen-bond donors (Lipinski definition) is 0. The van der Waals surface area contributed by atoms with Crippen molar-refractivity contribution in [2.24, 2.45) is 0 Å². The summed E-state index contributed by atoms with van der Waals surface area (Å²) < 4.78 is 16.3. The molecular weight excluding hydrogens is 380 g/mol. The monoisotopic (exact) mass is 406 g/mol. The Labute approximate surface area is 177 Å². The van der Waals surface area contributed by atoms with E-state index in [1.165, 1.54) is 14.2 Å². The first-order valence-corrected chi connectivity index (χ1v) is 9.70. The van der Waals surface area contributed by atoms with E-state index in [-0.39, 0.29) is 5.91 Å². The van der Waals surface area contributed by atoms with E-state index in [1.807, 2.05) is 36.4 Å². The molecule has 3 aromatic rings. The lowest BCUT2D eigenvalue weighted by Gasteiger charge is -2.24. The summed E-state index contributed by atoms with van der Waals surface area (Å²) in [6, 6.07) is 19.2. The lowest BCUT2D eigenvalue weighted by molar-refractivity contribution is 0.0739. The summed E-state index contributed by atoms with van der Waals surface area (Å²) in [6.07, 6.45) is 2.46. The first-order valence-electron chi connectivity index (χ1n) is 9.70. The van der Waals surface area contributed by atoms with Crippen molar-refractivity contribution < 1.29 is 19.0 Å². The Hall–Kier alpha value is -3.54. The number of amides is 1. The third kappa shape index (κ3) is 4.89. The van der Waals surface area contributed by atoms with Crippen LogP contribution in [0.1, 0.15) is 21.6 Å². The molecule has 0 spiro atoms. The molecule has 0 N–H and O–H groups in total. The molecule has 6 nitrogen and oxygen atoms in total. The topological polar surface area (TPSA) is 60.9 Å². The van der Waals surface area contributed by atoms with Gasteiger partial charge in [0.05, 0.1) is 39.1 Å². The maximum absolute atomic E-state index is 13.5. The molecule has 0 saturated carbocycles. The number of hydrogen-bond acceptors (Lipinski definition) is 5. The van der Waals surface area contributed by atoms with Gasteiger partial charge in [-0.25, -0.2) is 0 Å². The number of aromatic nitrogens is 1. The average molecular weight is 406 g/mol. The van der Waals surface area contributed by atoms with Gasteiger partial charge in [-0.1, -0.05) is 36.4 Å². The van der Waals surface area contributed by atoms with Gasteiger partial charge in [-0.2, -0.15) is 0 Å². The minimum Gasteiger partial charge on any atom is -0.493 e. The van der Waals surface area contributed by atoms with E-state index in [9.17, 15) is 4.79 Å². The predicted molar refractivity (Wildman–Crippen MR) is 115 cm³/mol. The Morgan fingerprint density at radius 2 is 1.60 bits per heavy atom. The summed E-state index contributed by atoms with van der Waals surface area (Å²) in [7, 11) is 4.59. The highest BCUT2D eigenvalue weighted by molar-refractivity contribution is 5.98. The third-order valence-corrected chi connectivity index (χ3v) is 4.81. The molecule has 2 aromatic carbocycles. The molecule has 0 aliphatic carbocycles. The molecule has 6 heteroatoms. The Morgan fingerprint density at radius 1 is 0.867 bits per heavy atom. The smallest absolute Gasteiger partial charge is 0.258 e. The molecule has 1 aromatic heterocycles. The summed E-state index contributed by atoms with van der Waals surface area (Å²) in [5, 5.41) is 0. The second-order valence-corrected chi connectivity index (χ2v) is 6.67. The number of pyridine rings is 1. The fraction of sp³-hybridized carbons (Fsp3) is 0.250. The first-order chi connectivity index (χ1) is 14.7. The van der Waals surface area contributed by atoms with Crippen molar-refractivity contribution in [3.8, 4) is 17.2 Å². The van der Waals surface area contributed by atoms with Crippen LogP contribution in [0.4, 0.5) is 0 Å². The van der Waals surface area contributed by atoms with Crippen LogP contribution in [-0.4, -0.2) is 43.7 Å². The van der Waals surface area contributed by atoms with Crippen molar-refractivity contribution >= 4 is 5.91 Å². The van der Waals surface area contributed by atoms with Crippen molar-refractivity contribution in [3.05, 3.63) is 83.7 Å². The summed E-state index contributed by atoms with van der Waals surface area (Å²) >= 11 is 0. The lowest BCUT2D eigenvalue weighted by atomic mass is 10.1. The van der Waals surface area contributed by atoms with E-state index in [0.29, 0.717) is 35.9 Å². The van der Waals surface area contributed by atoms with Gasteiger partial charge < -0.3 is 19.1 Å². The highest BCUT2D eigenvalue weighted by atomic mass is 16.5. The Kier molecular flexibility index (Phi) is 7.27. The van der Waals surface area contributed by atoms with E-state index < -0.39 is 0 Å². The third-order valence-electron chi connectivity index (χ3n) is 4.81. The fourth-order valence-corrected chi connectivity index (χ4v) is 3.29. The van der Waals surface area contributed by atoms with E-state index in [0.717, 1.165) is 17.7 Å². The van der Waals surface area contributed by atoms with Crippen LogP contribution in [0.5, 0.6) is 17.2 Å². The number of nitrogens with zero attached hydrogens (tertiary/aromatic N) is 2. The second kappa shape index (κ2) is 10.3. The standard InChI is InChI=1S/C24H26N2O4/c1-28-21-13-12-20(22(29-2)23(21)30-3)24(27)26(17-19-11-7-8-15-25-19)16-14-18-9-5-4-6-10-18/h4-13,15H,14,16-17H2,1-3H3. The molecule has 30 heavy (non-hydrogen) atoms. The molecule has 0 atom stereocenters. The van der Waals surface area contributed by atoms with Crippen molar-refractivity contribution in [1.29, 1.82) is 0 Å². The Morgan fingerprint density at radius 3 is 2.23 bits per heavy atom. The van der Waals surface area contributed by atoms with Crippen LogP contribution in [0, 0.1) is 0 Å². The molecule has 3 rings (SSSR count). The summed E-state index contributed by atoms with van der Waals surface area (Å²) in [5.74, 6) is 1.10. The molecule has 0 radical (unpaired) electrons.